The van der Waals surface area contributed by atoms with Crippen molar-refractivity contribution >= 4 is 11.7 Å². The Kier molecular flexibility index (Phi) is 5.89. The lowest BCUT2D eigenvalue weighted by atomic mass is 10.1. The van der Waals surface area contributed by atoms with Gasteiger partial charge in [-0.1, -0.05) is 36.4 Å². The van der Waals surface area contributed by atoms with E-state index in [4.69, 9.17) is 4.98 Å². The van der Waals surface area contributed by atoms with Crippen molar-refractivity contribution in [1.82, 2.24) is 15.2 Å². The zero-order valence-corrected chi connectivity index (χ0v) is 15.7. The van der Waals surface area contributed by atoms with Crippen molar-refractivity contribution in [3.8, 4) is 11.3 Å². The maximum absolute atomic E-state index is 12.2. The molecule has 1 aliphatic heterocycles. The van der Waals surface area contributed by atoms with Crippen molar-refractivity contribution in [3.05, 3.63) is 48.5 Å². The molecule has 0 saturated carbocycles. The third-order valence-corrected chi connectivity index (χ3v) is 4.71. The average Bonchev–Trinajstić information content (AvgIpc) is 3.21. The van der Waals surface area contributed by atoms with Crippen LogP contribution in [-0.4, -0.2) is 47.5 Å². The van der Waals surface area contributed by atoms with Crippen LogP contribution in [0.25, 0.3) is 11.3 Å². The molecule has 5 heteroatoms. The van der Waals surface area contributed by atoms with E-state index in [1.54, 1.807) is 0 Å². The number of carbonyl (C=O) groups excluding carboxylic acids is 1. The van der Waals surface area contributed by atoms with Crippen LogP contribution < -0.4 is 10.6 Å². The van der Waals surface area contributed by atoms with Gasteiger partial charge in [-0.3, -0.25) is 4.79 Å². The highest BCUT2D eigenvalue weighted by atomic mass is 16.2. The summed E-state index contributed by atoms with van der Waals surface area (Å²) >= 11 is 0. The summed E-state index contributed by atoms with van der Waals surface area (Å²) in [6, 6.07) is 16.1. The molecule has 26 heavy (non-hydrogen) atoms. The maximum atomic E-state index is 12.2. The Morgan fingerprint density at radius 1 is 1.08 bits per heavy atom. The minimum absolute atomic E-state index is 0.194. The first-order valence-electron chi connectivity index (χ1n) is 9.33. The molecule has 5 nitrogen and oxygen atoms in total. The molecule has 2 aromatic rings. The Labute approximate surface area is 155 Å². The van der Waals surface area contributed by atoms with Crippen molar-refractivity contribution < 1.29 is 4.79 Å². The summed E-state index contributed by atoms with van der Waals surface area (Å²) in [6.07, 6.45) is 2.25. The number of likely N-dealkylation sites (tertiary alicyclic amines) is 1. The van der Waals surface area contributed by atoms with Gasteiger partial charge in [0, 0.05) is 30.7 Å². The van der Waals surface area contributed by atoms with Gasteiger partial charge in [-0.2, -0.15) is 0 Å². The molecule has 3 rings (SSSR count). The SMILES string of the molecule is CC(C)(CNc1cccc(-c2ccccc2)n1)NCC(=O)N1CCCC1. The summed E-state index contributed by atoms with van der Waals surface area (Å²) in [5.74, 6) is 1.03. The fraction of sp³-hybridized carbons (Fsp3) is 0.429. The molecule has 0 aliphatic carbocycles. The van der Waals surface area contributed by atoms with Crippen LogP contribution in [0.5, 0.6) is 0 Å². The number of nitrogens with zero attached hydrogens (tertiary/aromatic N) is 2. The van der Waals surface area contributed by atoms with Crippen molar-refractivity contribution in [3.63, 3.8) is 0 Å². The van der Waals surface area contributed by atoms with E-state index >= 15 is 0 Å². The highest BCUT2D eigenvalue weighted by Crippen LogP contribution is 2.18. The maximum Gasteiger partial charge on any atom is 0.236 e. The molecule has 2 heterocycles. The standard InChI is InChI=1S/C21H28N4O/c1-21(2,23-15-20(26)25-13-6-7-14-25)16-22-19-12-8-11-18(24-19)17-9-4-3-5-10-17/h3-5,8-12,23H,6-7,13-16H2,1-2H3,(H,22,24). The van der Waals surface area contributed by atoms with E-state index in [9.17, 15) is 4.79 Å². The Hall–Kier alpha value is -2.40. The predicted molar refractivity (Wildman–Crippen MR) is 106 cm³/mol. The number of rotatable bonds is 7. The molecule has 1 aromatic heterocycles. The summed E-state index contributed by atoms with van der Waals surface area (Å²) in [7, 11) is 0. The predicted octanol–water partition coefficient (Wildman–Crippen LogP) is 3.15. The normalized spacial score (nSPS) is 14.5. The molecule has 138 valence electrons. The topological polar surface area (TPSA) is 57.3 Å². The third kappa shape index (κ3) is 5.05. The molecule has 0 unspecified atom stereocenters. The average molecular weight is 352 g/mol. The van der Waals surface area contributed by atoms with E-state index in [2.05, 4.69) is 36.6 Å². The molecule has 0 atom stereocenters. The van der Waals surface area contributed by atoms with Crippen LogP contribution >= 0.6 is 0 Å². The number of pyridine rings is 1. The monoisotopic (exact) mass is 352 g/mol. The van der Waals surface area contributed by atoms with E-state index in [1.807, 2.05) is 41.3 Å². The number of aromatic nitrogens is 1. The molecule has 0 bridgehead atoms. The number of carbonyl (C=O) groups is 1. The second-order valence-corrected chi connectivity index (χ2v) is 7.45. The van der Waals surface area contributed by atoms with Gasteiger partial charge in [0.15, 0.2) is 0 Å². The number of anilines is 1. The second kappa shape index (κ2) is 8.32. The number of hydrogen-bond donors (Lipinski definition) is 2. The molecule has 2 N–H and O–H groups in total. The molecule has 1 aliphatic rings. The largest absolute Gasteiger partial charge is 0.368 e. The Bertz CT molecular complexity index is 724. The van der Waals surface area contributed by atoms with Crippen LogP contribution in [0.3, 0.4) is 0 Å². The highest BCUT2D eigenvalue weighted by Gasteiger charge is 2.22. The second-order valence-electron chi connectivity index (χ2n) is 7.45. The van der Waals surface area contributed by atoms with Crippen LogP contribution in [0, 0.1) is 0 Å². The smallest absolute Gasteiger partial charge is 0.236 e. The first kappa shape index (κ1) is 18.4. The Morgan fingerprint density at radius 2 is 1.81 bits per heavy atom. The van der Waals surface area contributed by atoms with Gasteiger partial charge in [-0.15, -0.1) is 0 Å². The van der Waals surface area contributed by atoms with Crippen molar-refractivity contribution in [2.75, 3.05) is 31.5 Å². The summed E-state index contributed by atoms with van der Waals surface area (Å²) in [5.41, 5.74) is 1.84. The van der Waals surface area contributed by atoms with E-state index in [0.717, 1.165) is 43.0 Å². The van der Waals surface area contributed by atoms with Gasteiger partial charge < -0.3 is 15.5 Å². The first-order valence-corrected chi connectivity index (χ1v) is 9.33. The van der Waals surface area contributed by atoms with E-state index in [-0.39, 0.29) is 11.4 Å². The zero-order chi connectivity index (χ0) is 18.4. The first-order chi connectivity index (χ1) is 12.5. The van der Waals surface area contributed by atoms with Gasteiger partial charge in [-0.05, 0) is 38.8 Å². The van der Waals surface area contributed by atoms with Gasteiger partial charge in [0.25, 0.3) is 0 Å². The molecule has 0 radical (unpaired) electrons. The Morgan fingerprint density at radius 3 is 2.54 bits per heavy atom. The van der Waals surface area contributed by atoms with E-state index in [1.165, 1.54) is 0 Å². The quantitative estimate of drug-likeness (QED) is 0.804. The lowest BCUT2D eigenvalue weighted by molar-refractivity contribution is -0.129. The fourth-order valence-corrected chi connectivity index (χ4v) is 3.07. The lowest BCUT2D eigenvalue weighted by Gasteiger charge is -2.28. The van der Waals surface area contributed by atoms with E-state index in [0.29, 0.717) is 13.1 Å². The summed E-state index contributed by atoms with van der Waals surface area (Å²) in [5, 5.41) is 6.76. The van der Waals surface area contributed by atoms with E-state index < -0.39 is 0 Å². The molecule has 1 amide bonds. The van der Waals surface area contributed by atoms with Gasteiger partial charge >= 0.3 is 0 Å². The van der Waals surface area contributed by atoms with Crippen molar-refractivity contribution in [1.29, 1.82) is 0 Å². The summed E-state index contributed by atoms with van der Waals surface area (Å²) in [4.78, 5) is 18.8. The molecule has 1 fully saturated rings. The van der Waals surface area contributed by atoms with Gasteiger partial charge in [-0.25, -0.2) is 4.98 Å². The van der Waals surface area contributed by atoms with Crippen molar-refractivity contribution in [2.45, 2.75) is 32.2 Å². The van der Waals surface area contributed by atoms with Crippen molar-refractivity contribution in [2.24, 2.45) is 0 Å². The molecule has 1 aromatic carbocycles. The van der Waals surface area contributed by atoms with Crippen LogP contribution in [0.4, 0.5) is 5.82 Å². The minimum atomic E-state index is -0.209. The van der Waals surface area contributed by atoms with Gasteiger partial charge in [0.2, 0.25) is 5.91 Å². The lowest BCUT2D eigenvalue weighted by Crippen LogP contribution is -2.49. The number of nitrogens with one attached hydrogen (secondary N) is 2. The summed E-state index contributed by atoms with van der Waals surface area (Å²) in [6.45, 7) is 7.05. The fourth-order valence-electron chi connectivity index (χ4n) is 3.07. The van der Waals surface area contributed by atoms with Crippen LogP contribution in [-0.2, 0) is 4.79 Å². The van der Waals surface area contributed by atoms with Crippen LogP contribution in [0.2, 0.25) is 0 Å². The minimum Gasteiger partial charge on any atom is -0.368 e. The highest BCUT2D eigenvalue weighted by molar-refractivity contribution is 5.78. The number of hydrogen-bond acceptors (Lipinski definition) is 4. The van der Waals surface area contributed by atoms with Gasteiger partial charge in [0.1, 0.15) is 5.82 Å². The van der Waals surface area contributed by atoms with Crippen LogP contribution in [0.1, 0.15) is 26.7 Å². The number of amides is 1. The summed E-state index contributed by atoms with van der Waals surface area (Å²) < 4.78 is 0. The molecule has 1 saturated heterocycles. The molecule has 0 spiro atoms. The molecular weight excluding hydrogens is 324 g/mol. The third-order valence-electron chi connectivity index (χ3n) is 4.71. The van der Waals surface area contributed by atoms with Crippen LogP contribution in [0.15, 0.2) is 48.5 Å². The van der Waals surface area contributed by atoms with Gasteiger partial charge in [0.05, 0.1) is 12.2 Å². The number of benzene rings is 1. The zero-order valence-electron chi connectivity index (χ0n) is 15.7. The Balaban J connectivity index is 1.53. The molecular formula is C21H28N4O.